The Kier molecular flexibility index (Phi) is 5.42. The smallest absolute Gasteiger partial charge is 0.0701 e. The molecule has 0 amide bonds. The minimum atomic E-state index is 0.827. The first-order chi connectivity index (χ1) is 11.2. The number of likely N-dealkylation sites (tertiary alicyclic amines) is 1. The average Bonchev–Trinajstić information content (AvgIpc) is 3.00. The summed E-state index contributed by atoms with van der Waals surface area (Å²) in [6.45, 7) is 8.13. The number of benzene rings is 1. The zero-order valence-electron chi connectivity index (χ0n) is 14.3. The van der Waals surface area contributed by atoms with Gasteiger partial charge in [-0.1, -0.05) is 37.3 Å². The van der Waals surface area contributed by atoms with Crippen LogP contribution in [0.4, 0.5) is 0 Å². The van der Waals surface area contributed by atoms with Gasteiger partial charge in [0.2, 0.25) is 0 Å². The zero-order valence-corrected chi connectivity index (χ0v) is 14.3. The second-order valence-corrected chi connectivity index (χ2v) is 6.66. The molecule has 0 radical (unpaired) electrons. The molecule has 0 spiro atoms. The van der Waals surface area contributed by atoms with Crippen LogP contribution >= 0.6 is 0 Å². The maximum absolute atomic E-state index is 4.42. The normalized spacial score (nSPS) is 18.7. The molecule has 1 atom stereocenters. The summed E-state index contributed by atoms with van der Waals surface area (Å²) in [5.41, 5.74) is 3.62. The van der Waals surface area contributed by atoms with Crippen molar-refractivity contribution in [3.05, 3.63) is 54.2 Å². The first-order valence-electron chi connectivity index (χ1n) is 8.66. The number of nitrogens with zero attached hydrogens (tertiary/aromatic N) is 3. The lowest BCUT2D eigenvalue weighted by molar-refractivity contribution is 0.233. The van der Waals surface area contributed by atoms with Crippen LogP contribution in [0.15, 0.2) is 48.7 Å². The van der Waals surface area contributed by atoms with Crippen molar-refractivity contribution in [2.75, 3.05) is 33.2 Å². The van der Waals surface area contributed by atoms with Gasteiger partial charge in [-0.25, -0.2) is 0 Å². The molecule has 0 bridgehead atoms. The van der Waals surface area contributed by atoms with E-state index in [2.05, 4.69) is 59.1 Å². The number of hydrogen-bond acceptors (Lipinski definition) is 3. The summed E-state index contributed by atoms with van der Waals surface area (Å²) in [7, 11) is 2.23. The van der Waals surface area contributed by atoms with Gasteiger partial charge in [0, 0.05) is 31.4 Å². The summed E-state index contributed by atoms with van der Waals surface area (Å²) in [6.07, 6.45) is 3.19. The molecule has 1 fully saturated rings. The summed E-state index contributed by atoms with van der Waals surface area (Å²) in [5, 5.41) is 0. The van der Waals surface area contributed by atoms with Gasteiger partial charge < -0.3 is 4.90 Å². The highest BCUT2D eigenvalue weighted by molar-refractivity contribution is 5.58. The van der Waals surface area contributed by atoms with Crippen molar-refractivity contribution in [3.63, 3.8) is 0 Å². The third-order valence-corrected chi connectivity index (χ3v) is 4.77. The van der Waals surface area contributed by atoms with E-state index in [4.69, 9.17) is 0 Å². The van der Waals surface area contributed by atoms with E-state index in [1.807, 2.05) is 18.3 Å². The highest BCUT2D eigenvalue weighted by Gasteiger charge is 2.21. The van der Waals surface area contributed by atoms with E-state index in [1.54, 1.807) is 0 Å². The topological polar surface area (TPSA) is 19.4 Å². The Hall–Kier alpha value is -1.71. The lowest BCUT2D eigenvalue weighted by Crippen LogP contribution is -2.30. The second kappa shape index (κ2) is 7.71. The van der Waals surface area contributed by atoms with Crippen molar-refractivity contribution in [1.82, 2.24) is 14.8 Å². The van der Waals surface area contributed by atoms with Crippen LogP contribution in [0.1, 0.15) is 18.9 Å². The Morgan fingerprint density at radius 3 is 2.61 bits per heavy atom. The van der Waals surface area contributed by atoms with Gasteiger partial charge in [0.15, 0.2) is 0 Å². The van der Waals surface area contributed by atoms with E-state index in [0.29, 0.717) is 0 Å². The van der Waals surface area contributed by atoms with Crippen LogP contribution in [0.2, 0.25) is 0 Å². The van der Waals surface area contributed by atoms with Gasteiger partial charge in [-0.05, 0) is 50.2 Å². The molecule has 1 saturated heterocycles. The van der Waals surface area contributed by atoms with Crippen LogP contribution in [-0.4, -0.2) is 48.0 Å². The summed E-state index contributed by atoms with van der Waals surface area (Å²) in [5.74, 6) is 0.827. The van der Waals surface area contributed by atoms with E-state index < -0.39 is 0 Å². The van der Waals surface area contributed by atoms with Gasteiger partial charge in [-0.15, -0.1) is 0 Å². The highest BCUT2D eigenvalue weighted by atomic mass is 15.2. The molecular formula is C20H27N3. The van der Waals surface area contributed by atoms with Crippen LogP contribution in [0, 0.1) is 5.92 Å². The molecular weight excluding hydrogens is 282 g/mol. The molecule has 2 heterocycles. The Bertz CT molecular complexity index is 594. The van der Waals surface area contributed by atoms with Gasteiger partial charge in [0.1, 0.15) is 0 Å². The van der Waals surface area contributed by atoms with Crippen molar-refractivity contribution in [2.24, 2.45) is 5.92 Å². The molecule has 122 valence electrons. The SMILES string of the molecule is CCN(Cc1ccc(-c2ccccn2)cc1)CC1CCN(C)C1. The fourth-order valence-electron chi connectivity index (χ4n) is 3.42. The zero-order chi connectivity index (χ0) is 16.1. The van der Waals surface area contributed by atoms with Crippen LogP contribution in [-0.2, 0) is 6.54 Å². The Balaban J connectivity index is 1.60. The van der Waals surface area contributed by atoms with E-state index in [-0.39, 0.29) is 0 Å². The summed E-state index contributed by atoms with van der Waals surface area (Å²) in [6, 6.07) is 14.9. The average molecular weight is 309 g/mol. The van der Waals surface area contributed by atoms with E-state index in [1.165, 1.54) is 37.2 Å². The standard InChI is InChI=1S/C20H27N3/c1-3-23(16-18-11-13-22(2)14-18)15-17-7-9-19(10-8-17)20-6-4-5-12-21-20/h4-10,12,18H,3,11,13-16H2,1-2H3. The molecule has 1 aliphatic heterocycles. The largest absolute Gasteiger partial charge is 0.306 e. The molecule has 3 nitrogen and oxygen atoms in total. The van der Waals surface area contributed by atoms with Gasteiger partial charge in [0.05, 0.1) is 5.69 Å². The molecule has 0 saturated carbocycles. The number of pyridine rings is 1. The van der Waals surface area contributed by atoms with Crippen molar-refractivity contribution < 1.29 is 0 Å². The van der Waals surface area contributed by atoms with Gasteiger partial charge in [-0.3, -0.25) is 9.88 Å². The molecule has 3 heteroatoms. The van der Waals surface area contributed by atoms with Crippen molar-refractivity contribution >= 4 is 0 Å². The Labute approximate surface area is 140 Å². The van der Waals surface area contributed by atoms with E-state index in [0.717, 1.165) is 24.7 Å². The summed E-state index contributed by atoms with van der Waals surface area (Å²) < 4.78 is 0. The fraction of sp³-hybridized carbons (Fsp3) is 0.450. The monoisotopic (exact) mass is 309 g/mol. The molecule has 1 aliphatic rings. The minimum absolute atomic E-state index is 0.827. The quantitative estimate of drug-likeness (QED) is 0.814. The van der Waals surface area contributed by atoms with Gasteiger partial charge in [0.25, 0.3) is 0 Å². The molecule has 2 aromatic rings. The van der Waals surface area contributed by atoms with Crippen LogP contribution in [0.25, 0.3) is 11.3 Å². The minimum Gasteiger partial charge on any atom is -0.306 e. The van der Waals surface area contributed by atoms with Crippen molar-refractivity contribution in [2.45, 2.75) is 19.9 Å². The van der Waals surface area contributed by atoms with E-state index in [9.17, 15) is 0 Å². The Morgan fingerprint density at radius 2 is 2.00 bits per heavy atom. The second-order valence-electron chi connectivity index (χ2n) is 6.66. The number of hydrogen-bond donors (Lipinski definition) is 0. The molecule has 1 unspecified atom stereocenters. The molecule has 23 heavy (non-hydrogen) atoms. The third kappa shape index (κ3) is 4.40. The van der Waals surface area contributed by atoms with Gasteiger partial charge >= 0.3 is 0 Å². The molecule has 1 aromatic heterocycles. The number of aromatic nitrogens is 1. The summed E-state index contributed by atoms with van der Waals surface area (Å²) in [4.78, 5) is 9.43. The van der Waals surface area contributed by atoms with E-state index >= 15 is 0 Å². The van der Waals surface area contributed by atoms with Crippen LogP contribution in [0.5, 0.6) is 0 Å². The summed E-state index contributed by atoms with van der Waals surface area (Å²) >= 11 is 0. The van der Waals surface area contributed by atoms with Crippen LogP contribution < -0.4 is 0 Å². The van der Waals surface area contributed by atoms with Crippen LogP contribution in [0.3, 0.4) is 0 Å². The number of rotatable bonds is 6. The predicted molar refractivity (Wildman–Crippen MR) is 96.2 cm³/mol. The molecule has 3 rings (SSSR count). The van der Waals surface area contributed by atoms with Crippen molar-refractivity contribution in [1.29, 1.82) is 0 Å². The lowest BCUT2D eigenvalue weighted by Gasteiger charge is -2.24. The first-order valence-corrected chi connectivity index (χ1v) is 8.66. The lowest BCUT2D eigenvalue weighted by atomic mass is 10.1. The molecule has 0 aliphatic carbocycles. The fourth-order valence-corrected chi connectivity index (χ4v) is 3.42. The molecule has 1 aromatic carbocycles. The third-order valence-electron chi connectivity index (χ3n) is 4.77. The van der Waals surface area contributed by atoms with Gasteiger partial charge in [-0.2, -0.15) is 0 Å². The predicted octanol–water partition coefficient (Wildman–Crippen LogP) is 3.52. The maximum Gasteiger partial charge on any atom is 0.0701 e. The Morgan fingerprint density at radius 1 is 1.17 bits per heavy atom. The highest BCUT2D eigenvalue weighted by Crippen LogP contribution is 2.19. The first kappa shape index (κ1) is 16.2. The van der Waals surface area contributed by atoms with Crippen molar-refractivity contribution in [3.8, 4) is 11.3 Å². The molecule has 0 N–H and O–H groups in total. The maximum atomic E-state index is 4.42.